The van der Waals surface area contributed by atoms with Gasteiger partial charge in [-0.05, 0) is 36.1 Å². The lowest BCUT2D eigenvalue weighted by Crippen LogP contribution is -3.10. The van der Waals surface area contributed by atoms with Crippen LogP contribution >= 0.6 is 11.3 Å². The first-order chi connectivity index (χ1) is 16.7. The highest BCUT2D eigenvalue weighted by atomic mass is 32.1. The molecule has 2 aliphatic heterocycles. The van der Waals surface area contributed by atoms with E-state index in [-0.39, 0.29) is 12.1 Å². The Balaban J connectivity index is 1.31. The quantitative estimate of drug-likeness (QED) is 0.453. The maximum absolute atomic E-state index is 13.2. The van der Waals surface area contributed by atoms with E-state index >= 15 is 0 Å². The second-order valence-electron chi connectivity index (χ2n) is 9.43. The zero-order chi connectivity index (χ0) is 23.5. The van der Waals surface area contributed by atoms with Crippen molar-refractivity contribution in [3.63, 3.8) is 0 Å². The van der Waals surface area contributed by atoms with Gasteiger partial charge in [-0.15, -0.1) is 11.3 Å². The number of hydrogen-bond donors (Lipinski definition) is 3. The Labute approximate surface area is 206 Å². The second-order valence-corrected chi connectivity index (χ2v) is 10.5. The summed E-state index contributed by atoms with van der Waals surface area (Å²) in [6.07, 6.45) is 3.05. The van der Waals surface area contributed by atoms with E-state index in [4.69, 9.17) is 0 Å². The van der Waals surface area contributed by atoms with Crippen LogP contribution in [0.4, 0.5) is 10.7 Å². The van der Waals surface area contributed by atoms with Gasteiger partial charge in [0.05, 0.1) is 17.0 Å². The number of nitrogens with one attached hydrogen (secondary N) is 3. The summed E-state index contributed by atoms with van der Waals surface area (Å²) in [4.78, 5) is 18.5. The standard InChI is InChI=1S/C28H34N4OS/c1-3-15-32(16-4-2)22-12-10-21(11-13-22)26-29-27(33)25-23-14-17-31(18-20-8-6-5-7-9-20)19-24(23)34-28(25)30-26/h5-13,26,30H,3-4,14-19H2,1-2H3,(H,29,33)/p+1/t26-/m0/s1. The summed E-state index contributed by atoms with van der Waals surface area (Å²) < 4.78 is 0. The van der Waals surface area contributed by atoms with Crippen LogP contribution in [-0.2, 0) is 19.5 Å². The maximum Gasteiger partial charge on any atom is 0.256 e. The summed E-state index contributed by atoms with van der Waals surface area (Å²) in [6, 6.07) is 19.4. The fourth-order valence-corrected chi connectivity index (χ4v) is 6.58. The average Bonchev–Trinajstić information content (AvgIpc) is 3.23. The van der Waals surface area contributed by atoms with E-state index in [1.807, 2.05) is 0 Å². The molecule has 0 fully saturated rings. The number of fused-ring (bicyclic) bond motifs is 3. The Morgan fingerprint density at radius 3 is 2.44 bits per heavy atom. The molecule has 5 nitrogen and oxygen atoms in total. The highest BCUT2D eigenvalue weighted by molar-refractivity contribution is 7.16. The Hall–Kier alpha value is -2.83. The van der Waals surface area contributed by atoms with Crippen molar-refractivity contribution in [2.75, 3.05) is 29.9 Å². The molecule has 3 aromatic rings. The van der Waals surface area contributed by atoms with Gasteiger partial charge in [-0.3, -0.25) is 4.79 Å². The fourth-order valence-electron chi connectivity index (χ4n) is 5.24. The molecule has 1 aromatic heterocycles. The van der Waals surface area contributed by atoms with Crippen LogP contribution in [0.2, 0.25) is 0 Å². The Morgan fingerprint density at radius 2 is 1.74 bits per heavy atom. The van der Waals surface area contributed by atoms with Gasteiger partial charge in [-0.1, -0.05) is 56.3 Å². The molecule has 0 spiro atoms. The number of nitrogens with zero attached hydrogens (tertiary/aromatic N) is 1. The normalized spacial score (nSPS) is 19.1. The minimum Gasteiger partial charge on any atom is -0.372 e. The SMILES string of the molecule is CCCN(CCC)c1ccc([C@H]2NC(=O)c3c(sc4c3CC[NH+](Cc3ccccc3)C4)N2)cc1. The molecule has 5 rings (SSSR count). The van der Waals surface area contributed by atoms with Crippen molar-refractivity contribution in [3.05, 3.63) is 81.7 Å². The Bertz CT molecular complexity index is 1120. The van der Waals surface area contributed by atoms with Crippen LogP contribution < -0.4 is 20.4 Å². The van der Waals surface area contributed by atoms with Gasteiger partial charge in [-0.25, -0.2) is 0 Å². The summed E-state index contributed by atoms with van der Waals surface area (Å²) in [5.41, 5.74) is 5.86. The molecule has 0 saturated carbocycles. The lowest BCUT2D eigenvalue weighted by Gasteiger charge is -2.28. The van der Waals surface area contributed by atoms with E-state index in [0.717, 1.165) is 68.1 Å². The lowest BCUT2D eigenvalue weighted by molar-refractivity contribution is -0.929. The van der Waals surface area contributed by atoms with Gasteiger partial charge in [0, 0.05) is 30.8 Å². The van der Waals surface area contributed by atoms with Gasteiger partial charge < -0.3 is 20.4 Å². The molecular weight excluding hydrogens is 440 g/mol. The fraction of sp³-hybridized carbons (Fsp3) is 0.393. The van der Waals surface area contributed by atoms with Crippen LogP contribution in [-0.4, -0.2) is 25.5 Å². The third kappa shape index (κ3) is 4.70. The summed E-state index contributed by atoms with van der Waals surface area (Å²) in [5.74, 6) is 0.0606. The van der Waals surface area contributed by atoms with E-state index in [0.29, 0.717) is 0 Å². The van der Waals surface area contributed by atoms with E-state index in [1.165, 1.54) is 21.7 Å². The van der Waals surface area contributed by atoms with Crippen molar-refractivity contribution in [2.24, 2.45) is 0 Å². The van der Waals surface area contributed by atoms with Gasteiger partial charge in [0.1, 0.15) is 24.3 Å². The van der Waals surface area contributed by atoms with Gasteiger partial charge in [-0.2, -0.15) is 0 Å². The van der Waals surface area contributed by atoms with Gasteiger partial charge in [0.25, 0.3) is 5.91 Å². The van der Waals surface area contributed by atoms with Gasteiger partial charge >= 0.3 is 0 Å². The largest absolute Gasteiger partial charge is 0.372 e. The first-order valence-electron chi connectivity index (χ1n) is 12.6. The van der Waals surface area contributed by atoms with Crippen molar-refractivity contribution in [3.8, 4) is 0 Å². The molecule has 3 heterocycles. The van der Waals surface area contributed by atoms with E-state index in [2.05, 4.69) is 84.0 Å². The van der Waals surface area contributed by atoms with Crippen LogP contribution in [0.3, 0.4) is 0 Å². The summed E-state index contributed by atoms with van der Waals surface area (Å²) in [5, 5.41) is 7.87. The molecule has 6 heteroatoms. The Kier molecular flexibility index (Phi) is 6.88. The summed E-state index contributed by atoms with van der Waals surface area (Å²) in [7, 11) is 0. The molecule has 0 radical (unpaired) electrons. The number of amides is 1. The summed E-state index contributed by atoms with van der Waals surface area (Å²) >= 11 is 1.77. The summed E-state index contributed by atoms with van der Waals surface area (Å²) in [6.45, 7) is 9.66. The molecule has 2 aromatic carbocycles. The number of carbonyl (C=O) groups excluding carboxylic acids is 1. The van der Waals surface area contributed by atoms with E-state index in [9.17, 15) is 4.79 Å². The van der Waals surface area contributed by atoms with Crippen molar-refractivity contribution in [1.29, 1.82) is 0 Å². The van der Waals surface area contributed by atoms with Crippen LogP contribution in [0.1, 0.15) is 64.8 Å². The number of hydrogen-bond acceptors (Lipinski definition) is 4. The molecule has 0 saturated heterocycles. The topological polar surface area (TPSA) is 48.8 Å². The van der Waals surface area contributed by atoms with Crippen LogP contribution in [0.25, 0.3) is 0 Å². The smallest absolute Gasteiger partial charge is 0.256 e. The number of quaternary nitrogens is 1. The number of anilines is 2. The lowest BCUT2D eigenvalue weighted by atomic mass is 10.00. The predicted molar refractivity (Wildman–Crippen MR) is 141 cm³/mol. The zero-order valence-electron chi connectivity index (χ0n) is 20.2. The van der Waals surface area contributed by atoms with Crippen LogP contribution in [0.5, 0.6) is 0 Å². The van der Waals surface area contributed by atoms with Crippen molar-refractivity contribution in [2.45, 2.75) is 52.4 Å². The minimum atomic E-state index is -0.187. The van der Waals surface area contributed by atoms with Crippen molar-refractivity contribution in [1.82, 2.24) is 5.32 Å². The third-order valence-electron chi connectivity index (χ3n) is 6.88. The molecule has 0 bridgehead atoms. The molecular formula is C28H35N4OS+. The van der Waals surface area contributed by atoms with Crippen LogP contribution in [0, 0.1) is 0 Å². The third-order valence-corrected chi connectivity index (χ3v) is 8.05. The Morgan fingerprint density at radius 1 is 1.00 bits per heavy atom. The second kappa shape index (κ2) is 10.2. The van der Waals surface area contributed by atoms with Gasteiger partial charge in [0.2, 0.25) is 0 Å². The first-order valence-corrected chi connectivity index (χ1v) is 13.4. The maximum atomic E-state index is 13.2. The first kappa shape index (κ1) is 22.9. The highest BCUT2D eigenvalue weighted by Gasteiger charge is 2.34. The highest BCUT2D eigenvalue weighted by Crippen LogP contribution is 2.39. The monoisotopic (exact) mass is 475 g/mol. The van der Waals surface area contributed by atoms with Gasteiger partial charge in [0.15, 0.2) is 0 Å². The molecule has 2 atom stereocenters. The van der Waals surface area contributed by atoms with Crippen molar-refractivity contribution >= 4 is 27.9 Å². The van der Waals surface area contributed by atoms with Crippen LogP contribution in [0.15, 0.2) is 54.6 Å². The zero-order valence-corrected chi connectivity index (χ0v) is 21.0. The number of rotatable bonds is 8. The predicted octanol–water partition coefficient (Wildman–Crippen LogP) is 4.37. The molecule has 1 amide bonds. The number of carbonyl (C=O) groups is 1. The molecule has 0 aliphatic carbocycles. The average molecular weight is 476 g/mol. The van der Waals surface area contributed by atoms with E-state index in [1.54, 1.807) is 16.2 Å². The molecule has 1 unspecified atom stereocenters. The van der Waals surface area contributed by atoms with E-state index < -0.39 is 0 Å². The molecule has 34 heavy (non-hydrogen) atoms. The number of thiophene rings is 1. The molecule has 178 valence electrons. The number of benzene rings is 2. The minimum absolute atomic E-state index is 0.0606. The van der Waals surface area contributed by atoms with Crippen molar-refractivity contribution < 1.29 is 9.69 Å². The molecule has 2 aliphatic rings. The molecule has 3 N–H and O–H groups in total.